The third-order valence-corrected chi connectivity index (χ3v) is 17.3. The molecule has 0 amide bonds. The van der Waals surface area contributed by atoms with Gasteiger partial charge in [-0.1, -0.05) is 165 Å². The zero-order chi connectivity index (χ0) is 48.4. The van der Waals surface area contributed by atoms with E-state index in [0.717, 1.165) is 0 Å². The van der Waals surface area contributed by atoms with Gasteiger partial charge in [0.15, 0.2) is 0 Å². The molecule has 13 rings (SSSR count). The van der Waals surface area contributed by atoms with Crippen molar-refractivity contribution in [3.05, 3.63) is 143 Å². The highest BCUT2D eigenvalue weighted by atomic mass is 32.1. The Balaban J connectivity index is 1.35. The van der Waals surface area contributed by atoms with Crippen molar-refractivity contribution < 1.29 is 0 Å². The molecule has 4 aromatic heterocycles. The molecule has 5 heteroatoms. The Morgan fingerprint density at radius 2 is 0.928 bits per heavy atom. The van der Waals surface area contributed by atoms with Gasteiger partial charge in [-0.2, -0.15) is 0 Å². The van der Waals surface area contributed by atoms with Crippen LogP contribution in [0.25, 0.3) is 75.0 Å². The van der Waals surface area contributed by atoms with Gasteiger partial charge in [0.05, 0.1) is 33.4 Å². The van der Waals surface area contributed by atoms with Crippen LogP contribution in [0.2, 0.25) is 0 Å². The summed E-state index contributed by atoms with van der Waals surface area (Å²) < 4.78 is 6.77. The summed E-state index contributed by atoms with van der Waals surface area (Å²) in [6.07, 6.45) is 0. The zero-order valence-corrected chi connectivity index (χ0v) is 44.1. The van der Waals surface area contributed by atoms with Crippen molar-refractivity contribution in [3.63, 3.8) is 0 Å². The van der Waals surface area contributed by atoms with Gasteiger partial charge in [-0.05, 0) is 126 Å². The number of hydrogen-bond acceptors (Lipinski definition) is 2. The summed E-state index contributed by atoms with van der Waals surface area (Å²) in [4.78, 5) is 4.03. The fourth-order valence-corrected chi connectivity index (χ4v) is 13.5. The molecule has 11 aromatic rings. The van der Waals surface area contributed by atoms with Gasteiger partial charge >= 0.3 is 0 Å². The predicted molar refractivity (Wildman–Crippen MR) is 304 cm³/mol. The second-order valence-electron chi connectivity index (χ2n) is 25.9. The first-order valence-corrected chi connectivity index (χ1v) is 26.1. The third kappa shape index (κ3) is 5.80. The Morgan fingerprint density at radius 3 is 1.52 bits per heavy atom. The summed E-state index contributed by atoms with van der Waals surface area (Å²) in [7, 11) is 0. The molecule has 344 valence electrons. The molecule has 2 aliphatic heterocycles. The van der Waals surface area contributed by atoms with E-state index in [0.29, 0.717) is 0 Å². The van der Waals surface area contributed by atoms with E-state index in [9.17, 15) is 0 Å². The van der Waals surface area contributed by atoms with E-state index in [4.69, 9.17) is 0 Å². The standard InChI is InChI=1S/C64H64BN3S/c1-60(2,3)35-20-25-40(26-21-35)66-49-29-24-38(63(10,11)12)33-45(49)65-46-34-39(64(13,14)15)32-44-51-41-18-16-17-19-50(41)69-59(51)68(55(44)46)58-53-43-31-37(62(7,8)9)23-28-48(43)67-47-27-22-36(61(4,5)6)30-42(47)52(56(53)67)57(66)54(58)65/h16-34H,1-15H3. The van der Waals surface area contributed by atoms with Crippen LogP contribution < -0.4 is 21.3 Å². The smallest absolute Gasteiger partial charge is 0.252 e. The summed E-state index contributed by atoms with van der Waals surface area (Å²) in [6, 6.07) is 46.2. The lowest BCUT2D eigenvalue weighted by Crippen LogP contribution is -2.61. The van der Waals surface area contributed by atoms with E-state index in [1.807, 2.05) is 11.3 Å². The van der Waals surface area contributed by atoms with Gasteiger partial charge in [0.2, 0.25) is 0 Å². The second-order valence-corrected chi connectivity index (χ2v) is 27.0. The van der Waals surface area contributed by atoms with Gasteiger partial charge in [0.1, 0.15) is 4.83 Å². The van der Waals surface area contributed by atoms with Crippen LogP contribution in [-0.2, 0) is 27.1 Å². The Labute approximate surface area is 412 Å². The summed E-state index contributed by atoms with van der Waals surface area (Å²) in [5.74, 6) is 0. The first kappa shape index (κ1) is 43.0. The molecule has 0 atom stereocenters. The zero-order valence-electron chi connectivity index (χ0n) is 43.3. The van der Waals surface area contributed by atoms with Crippen LogP contribution in [0.1, 0.15) is 132 Å². The molecule has 0 bridgehead atoms. The highest BCUT2D eigenvalue weighted by Gasteiger charge is 2.47. The molecule has 6 heterocycles. The molecule has 0 spiro atoms. The maximum absolute atomic E-state index is 2.78. The van der Waals surface area contributed by atoms with Crippen LogP contribution in [0.5, 0.6) is 0 Å². The number of fused-ring (bicyclic) bond motifs is 17. The van der Waals surface area contributed by atoms with Gasteiger partial charge in [-0.3, -0.25) is 0 Å². The van der Waals surface area contributed by atoms with Gasteiger partial charge < -0.3 is 13.9 Å². The van der Waals surface area contributed by atoms with E-state index in [1.54, 1.807) is 0 Å². The van der Waals surface area contributed by atoms with Crippen molar-refractivity contribution in [1.29, 1.82) is 0 Å². The lowest BCUT2D eigenvalue weighted by atomic mass is 9.33. The SMILES string of the molecule is CC(C)(C)c1ccc(N2c3ccc(C(C)(C)C)cc3B3c4c2c2c5cc(C(C)(C)C)ccc5n5c6ccc(C(C)(C)C)cc6c(c4-n4c6sc7ccccc7c6c6cc(C(C)(C)C)cc3c64)c25)cc1. The van der Waals surface area contributed by atoms with Crippen molar-refractivity contribution >= 4 is 121 Å². The number of thiophene rings is 1. The normalized spacial score (nSPS) is 14.5. The molecular weight excluding hydrogens is 854 g/mol. The van der Waals surface area contributed by atoms with Gasteiger partial charge in [0.25, 0.3) is 6.71 Å². The number of anilines is 3. The lowest BCUT2D eigenvalue weighted by molar-refractivity contribution is 0.590. The van der Waals surface area contributed by atoms with E-state index in [2.05, 4.69) is 233 Å². The highest BCUT2D eigenvalue weighted by molar-refractivity contribution is 7.26. The van der Waals surface area contributed by atoms with Crippen molar-refractivity contribution in [2.75, 3.05) is 4.90 Å². The monoisotopic (exact) mass is 917 g/mol. The Bertz CT molecular complexity index is 4020. The molecule has 0 N–H and O–H groups in total. The van der Waals surface area contributed by atoms with Crippen molar-refractivity contribution in [2.24, 2.45) is 0 Å². The Hall–Kier alpha value is -6.04. The average molecular weight is 918 g/mol. The molecule has 0 fully saturated rings. The van der Waals surface area contributed by atoms with Crippen molar-refractivity contribution in [1.82, 2.24) is 8.97 Å². The first-order chi connectivity index (χ1) is 32.4. The van der Waals surface area contributed by atoms with Gasteiger partial charge in [0, 0.05) is 53.8 Å². The van der Waals surface area contributed by atoms with E-state index in [1.165, 1.54) is 136 Å². The predicted octanol–water partition coefficient (Wildman–Crippen LogP) is 16.2. The maximum Gasteiger partial charge on any atom is 0.252 e. The van der Waals surface area contributed by atoms with E-state index in [-0.39, 0.29) is 33.8 Å². The Kier molecular flexibility index (Phi) is 8.37. The molecule has 0 unspecified atom stereocenters. The van der Waals surface area contributed by atoms with E-state index >= 15 is 0 Å². The molecule has 0 saturated heterocycles. The lowest BCUT2D eigenvalue weighted by Gasteiger charge is -2.42. The van der Waals surface area contributed by atoms with Crippen LogP contribution in [-0.4, -0.2) is 15.7 Å². The number of aromatic nitrogens is 2. The molecule has 0 radical (unpaired) electrons. The van der Waals surface area contributed by atoms with Gasteiger partial charge in [-0.25, -0.2) is 0 Å². The highest BCUT2D eigenvalue weighted by Crippen LogP contribution is 2.54. The van der Waals surface area contributed by atoms with Crippen molar-refractivity contribution in [3.8, 4) is 5.69 Å². The van der Waals surface area contributed by atoms with Crippen LogP contribution in [0.15, 0.2) is 115 Å². The summed E-state index contributed by atoms with van der Waals surface area (Å²) in [5.41, 5.74) is 21.2. The summed E-state index contributed by atoms with van der Waals surface area (Å²) in [6.45, 7) is 35.4. The van der Waals surface area contributed by atoms with Crippen LogP contribution in [0.4, 0.5) is 17.1 Å². The quantitative estimate of drug-likeness (QED) is 0.150. The number of rotatable bonds is 1. The molecule has 69 heavy (non-hydrogen) atoms. The minimum absolute atomic E-state index is 0.0235. The minimum Gasteiger partial charge on any atom is -0.311 e. The molecular formula is C64H64BN3S. The fourth-order valence-electron chi connectivity index (χ4n) is 12.3. The number of benzene rings is 7. The van der Waals surface area contributed by atoms with E-state index < -0.39 is 0 Å². The van der Waals surface area contributed by atoms with Gasteiger partial charge in [-0.15, -0.1) is 11.3 Å². The van der Waals surface area contributed by atoms with Crippen LogP contribution >= 0.6 is 11.3 Å². The maximum atomic E-state index is 2.78. The minimum atomic E-state index is -0.0727. The molecule has 0 saturated carbocycles. The Morgan fingerprint density at radius 1 is 0.420 bits per heavy atom. The third-order valence-electron chi connectivity index (χ3n) is 16.2. The second kappa shape index (κ2) is 13.4. The first-order valence-electron chi connectivity index (χ1n) is 25.3. The summed E-state index contributed by atoms with van der Waals surface area (Å²) in [5, 5.41) is 9.47. The molecule has 7 aromatic carbocycles. The van der Waals surface area contributed by atoms with Crippen LogP contribution in [0.3, 0.4) is 0 Å². The summed E-state index contributed by atoms with van der Waals surface area (Å²) >= 11 is 1.97. The number of hydrogen-bond donors (Lipinski definition) is 0. The fraction of sp³-hybridized carbons (Fsp3) is 0.312. The topological polar surface area (TPSA) is 12.6 Å². The molecule has 2 aliphatic rings. The van der Waals surface area contributed by atoms with Crippen molar-refractivity contribution in [2.45, 2.75) is 131 Å². The molecule has 3 nitrogen and oxygen atoms in total. The number of nitrogens with zero attached hydrogens (tertiary/aromatic N) is 3. The average Bonchev–Trinajstić information content (AvgIpc) is 4.01. The molecule has 0 aliphatic carbocycles. The largest absolute Gasteiger partial charge is 0.311 e. The van der Waals surface area contributed by atoms with Crippen LogP contribution in [0, 0.1) is 0 Å².